The van der Waals surface area contributed by atoms with Gasteiger partial charge in [-0.3, -0.25) is 4.79 Å². The summed E-state index contributed by atoms with van der Waals surface area (Å²) in [5, 5.41) is 0. The molecular weight excluding hydrogens is 258 g/mol. The van der Waals surface area contributed by atoms with E-state index in [0.717, 1.165) is 32.6 Å². The quantitative estimate of drug-likeness (QED) is 0.568. The monoisotopic (exact) mass is 282 g/mol. The molecule has 0 aliphatic carbocycles. The highest BCUT2D eigenvalue weighted by Gasteiger charge is 2.25. The topological polar surface area (TPSA) is 17.1 Å². The summed E-state index contributed by atoms with van der Waals surface area (Å²) in [6, 6.07) is 5.87. The average molecular weight is 282 g/mol. The summed E-state index contributed by atoms with van der Waals surface area (Å²) in [7, 11) is 0. The van der Waals surface area contributed by atoms with Crippen LogP contribution in [0.1, 0.15) is 68.8 Å². The maximum absolute atomic E-state index is 13.3. The van der Waals surface area contributed by atoms with E-state index in [4.69, 9.17) is 0 Å². The number of rotatable bonds is 8. The van der Waals surface area contributed by atoms with Crippen molar-refractivity contribution >= 4 is 5.78 Å². The van der Waals surface area contributed by atoms with Crippen LogP contribution in [0.25, 0.3) is 0 Å². The van der Waals surface area contributed by atoms with Gasteiger partial charge in [-0.25, -0.2) is 8.78 Å². The Morgan fingerprint density at radius 1 is 1.20 bits per heavy atom. The highest BCUT2D eigenvalue weighted by Crippen LogP contribution is 2.28. The molecule has 0 aliphatic rings. The van der Waals surface area contributed by atoms with Crippen LogP contribution in [-0.2, 0) is 5.92 Å². The molecule has 20 heavy (non-hydrogen) atoms. The number of alkyl halides is 2. The van der Waals surface area contributed by atoms with E-state index in [1.807, 2.05) is 0 Å². The van der Waals surface area contributed by atoms with Gasteiger partial charge < -0.3 is 0 Å². The second-order valence-corrected chi connectivity index (χ2v) is 5.54. The van der Waals surface area contributed by atoms with Crippen molar-refractivity contribution in [1.82, 2.24) is 0 Å². The molecule has 0 bridgehead atoms. The molecule has 0 aliphatic heterocycles. The zero-order valence-corrected chi connectivity index (χ0v) is 12.6. The van der Waals surface area contributed by atoms with Gasteiger partial charge in [0.05, 0.1) is 0 Å². The minimum atomic E-state index is -2.90. The van der Waals surface area contributed by atoms with Crippen LogP contribution in [-0.4, -0.2) is 5.78 Å². The van der Waals surface area contributed by atoms with E-state index in [2.05, 4.69) is 13.8 Å². The number of carbonyl (C=O) groups is 1. The van der Waals surface area contributed by atoms with Gasteiger partial charge in [0.25, 0.3) is 5.92 Å². The Balaban J connectivity index is 2.81. The number of halogens is 2. The van der Waals surface area contributed by atoms with E-state index in [1.54, 1.807) is 6.07 Å². The second-order valence-electron chi connectivity index (χ2n) is 5.54. The van der Waals surface area contributed by atoms with Gasteiger partial charge in [-0.15, -0.1) is 0 Å². The van der Waals surface area contributed by atoms with Crippen LogP contribution in [0, 0.1) is 5.92 Å². The molecule has 1 aromatic rings. The molecule has 0 unspecified atom stereocenters. The van der Waals surface area contributed by atoms with Gasteiger partial charge in [-0.05, 0) is 12.0 Å². The van der Waals surface area contributed by atoms with Crippen molar-refractivity contribution in [3.05, 3.63) is 35.4 Å². The van der Waals surface area contributed by atoms with Crippen LogP contribution in [0.4, 0.5) is 8.78 Å². The van der Waals surface area contributed by atoms with Crippen molar-refractivity contribution in [2.24, 2.45) is 5.92 Å². The Morgan fingerprint density at radius 3 is 2.30 bits per heavy atom. The predicted molar refractivity (Wildman–Crippen MR) is 78.3 cm³/mol. The summed E-state index contributed by atoms with van der Waals surface area (Å²) in [6.07, 6.45) is 4.59. The maximum atomic E-state index is 13.3. The zero-order valence-electron chi connectivity index (χ0n) is 12.6. The van der Waals surface area contributed by atoms with Gasteiger partial charge in [0.2, 0.25) is 0 Å². The van der Waals surface area contributed by atoms with Gasteiger partial charge in [0.1, 0.15) is 0 Å². The first-order valence-corrected chi connectivity index (χ1v) is 7.40. The fraction of sp³-hybridized carbons (Fsp3) is 0.588. The molecule has 112 valence electrons. The van der Waals surface area contributed by atoms with Gasteiger partial charge in [0.15, 0.2) is 5.78 Å². The van der Waals surface area contributed by atoms with Crippen LogP contribution in [0.15, 0.2) is 24.3 Å². The first-order valence-electron chi connectivity index (χ1n) is 7.40. The summed E-state index contributed by atoms with van der Waals surface area (Å²) < 4.78 is 26.6. The minimum absolute atomic E-state index is 0.0250. The SMILES string of the molecule is CCCC(CCC)CC(=O)c1cccc(C(C)(F)F)c1. The van der Waals surface area contributed by atoms with Gasteiger partial charge in [-0.2, -0.15) is 0 Å². The molecule has 0 radical (unpaired) electrons. The van der Waals surface area contributed by atoms with E-state index < -0.39 is 5.92 Å². The smallest absolute Gasteiger partial charge is 0.270 e. The van der Waals surface area contributed by atoms with Gasteiger partial charge in [0, 0.05) is 24.5 Å². The lowest BCUT2D eigenvalue weighted by Gasteiger charge is -2.15. The number of carbonyl (C=O) groups excluding carboxylic acids is 1. The molecule has 1 aromatic carbocycles. The first-order chi connectivity index (χ1) is 9.38. The molecule has 0 saturated heterocycles. The lowest BCUT2D eigenvalue weighted by Crippen LogP contribution is -2.12. The van der Waals surface area contributed by atoms with E-state index in [-0.39, 0.29) is 11.3 Å². The van der Waals surface area contributed by atoms with Crippen molar-refractivity contribution in [1.29, 1.82) is 0 Å². The largest absolute Gasteiger partial charge is 0.294 e. The molecule has 1 nitrogen and oxygen atoms in total. The molecule has 0 aromatic heterocycles. The Morgan fingerprint density at radius 2 is 1.80 bits per heavy atom. The number of hydrogen-bond acceptors (Lipinski definition) is 1. The first kappa shape index (κ1) is 16.8. The van der Waals surface area contributed by atoms with Crippen LogP contribution in [0.3, 0.4) is 0 Å². The Labute approximate surface area is 120 Å². The number of Topliss-reactive ketones (excluding diaryl/α,β-unsaturated/α-hetero) is 1. The minimum Gasteiger partial charge on any atom is -0.294 e. The number of benzene rings is 1. The van der Waals surface area contributed by atoms with Crippen LogP contribution in [0.2, 0.25) is 0 Å². The lowest BCUT2D eigenvalue weighted by atomic mass is 9.90. The van der Waals surface area contributed by atoms with E-state index >= 15 is 0 Å². The van der Waals surface area contributed by atoms with Gasteiger partial charge in [-0.1, -0.05) is 57.7 Å². The van der Waals surface area contributed by atoms with Crippen LogP contribution in [0.5, 0.6) is 0 Å². The summed E-state index contributed by atoms with van der Waals surface area (Å²) in [6.45, 7) is 5.06. The number of ketones is 1. The third-order valence-corrected chi connectivity index (χ3v) is 3.56. The Bertz CT molecular complexity index is 429. The predicted octanol–water partition coefficient (Wildman–Crippen LogP) is 5.59. The van der Waals surface area contributed by atoms with Crippen molar-refractivity contribution in [3.8, 4) is 0 Å². The van der Waals surface area contributed by atoms with Crippen LogP contribution >= 0.6 is 0 Å². The van der Waals surface area contributed by atoms with E-state index in [0.29, 0.717) is 17.9 Å². The molecule has 0 N–H and O–H groups in total. The fourth-order valence-electron chi connectivity index (χ4n) is 2.51. The molecule has 0 heterocycles. The third kappa shape index (κ3) is 5.03. The second kappa shape index (κ2) is 7.51. The molecule has 1 rings (SSSR count). The van der Waals surface area contributed by atoms with Gasteiger partial charge >= 0.3 is 0 Å². The van der Waals surface area contributed by atoms with Crippen molar-refractivity contribution < 1.29 is 13.6 Å². The molecular formula is C17H24F2O. The summed E-state index contributed by atoms with van der Waals surface area (Å²) >= 11 is 0. The van der Waals surface area contributed by atoms with Crippen molar-refractivity contribution in [2.45, 2.75) is 58.8 Å². The molecule has 0 amide bonds. The van der Waals surface area contributed by atoms with E-state index in [1.165, 1.54) is 18.2 Å². The fourth-order valence-corrected chi connectivity index (χ4v) is 2.51. The summed E-state index contributed by atoms with van der Waals surface area (Å²) in [5.74, 6) is -2.56. The standard InChI is InChI=1S/C17H24F2O/c1-4-7-13(8-5-2)11-16(20)14-9-6-10-15(12-14)17(3,18)19/h6,9-10,12-13H,4-5,7-8,11H2,1-3H3. The third-order valence-electron chi connectivity index (χ3n) is 3.56. The molecule has 0 saturated carbocycles. The number of hydrogen-bond donors (Lipinski definition) is 0. The zero-order chi connectivity index (χ0) is 15.2. The Kier molecular flexibility index (Phi) is 6.31. The molecule has 0 fully saturated rings. The molecule has 0 spiro atoms. The molecule has 0 atom stereocenters. The lowest BCUT2D eigenvalue weighted by molar-refractivity contribution is 0.0174. The maximum Gasteiger partial charge on any atom is 0.270 e. The highest BCUT2D eigenvalue weighted by atomic mass is 19.3. The average Bonchev–Trinajstić information content (AvgIpc) is 2.38. The van der Waals surface area contributed by atoms with Crippen molar-refractivity contribution in [2.75, 3.05) is 0 Å². The van der Waals surface area contributed by atoms with Crippen LogP contribution < -0.4 is 0 Å². The van der Waals surface area contributed by atoms with Crippen molar-refractivity contribution in [3.63, 3.8) is 0 Å². The Hall–Kier alpha value is -1.25. The highest BCUT2D eigenvalue weighted by molar-refractivity contribution is 5.96. The summed E-state index contributed by atoms with van der Waals surface area (Å²) in [5.41, 5.74) is 0.312. The normalized spacial score (nSPS) is 11.9. The van der Waals surface area contributed by atoms with E-state index in [9.17, 15) is 13.6 Å². The molecule has 3 heteroatoms. The summed E-state index contributed by atoms with van der Waals surface area (Å²) in [4.78, 5) is 12.2.